The number of aromatic nitrogens is 2. The van der Waals surface area contributed by atoms with Gasteiger partial charge < -0.3 is 10.3 Å². The Morgan fingerprint density at radius 3 is 2.83 bits per heavy atom. The topological polar surface area (TPSA) is 104 Å². The summed E-state index contributed by atoms with van der Waals surface area (Å²) in [4.78, 5) is 20.1. The Hall–Kier alpha value is -2.42. The third-order valence-corrected chi connectivity index (χ3v) is 6.19. The van der Waals surface area contributed by atoms with E-state index >= 15 is 0 Å². The van der Waals surface area contributed by atoms with Gasteiger partial charge in [-0.05, 0) is 48.2 Å². The van der Waals surface area contributed by atoms with Crippen molar-refractivity contribution in [3.8, 4) is 0 Å². The van der Waals surface area contributed by atoms with Gasteiger partial charge in [0.1, 0.15) is 11.7 Å². The standard InChI is InChI=1S/C20H23ClN4O3S/c1-2-8-29(27,28)25-18(11-14-4-3-5-17(21)10-14)20(26)24-13-15-9-16-6-7-22-19(16)23-12-15/h3-7,9-10,12,18,25H,2,8,11,13H2,1H3,(H,22,23)(H,24,26)/t18-/m0/s1. The second-order valence-corrected chi connectivity index (χ2v) is 9.11. The Kier molecular flexibility index (Phi) is 6.89. The highest BCUT2D eigenvalue weighted by Crippen LogP contribution is 2.14. The average Bonchev–Trinajstić information content (AvgIpc) is 3.13. The van der Waals surface area contributed by atoms with Crippen LogP contribution in [0.25, 0.3) is 11.0 Å². The molecule has 0 radical (unpaired) electrons. The summed E-state index contributed by atoms with van der Waals surface area (Å²) >= 11 is 6.02. The van der Waals surface area contributed by atoms with E-state index in [0.717, 1.165) is 22.2 Å². The number of rotatable bonds is 9. The van der Waals surface area contributed by atoms with Crippen LogP contribution in [0.4, 0.5) is 0 Å². The van der Waals surface area contributed by atoms with E-state index in [1.165, 1.54) is 0 Å². The van der Waals surface area contributed by atoms with Crippen LogP contribution in [0.1, 0.15) is 24.5 Å². The minimum Gasteiger partial charge on any atom is -0.351 e. The van der Waals surface area contributed by atoms with Gasteiger partial charge in [-0.1, -0.05) is 30.7 Å². The molecule has 3 rings (SSSR count). The molecule has 0 bridgehead atoms. The number of H-pyrrole nitrogens is 1. The number of amides is 1. The lowest BCUT2D eigenvalue weighted by Crippen LogP contribution is -2.48. The zero-order chi connectivity index (χ0) is 20.9. The first-order valence-electron chi connectivity index (χ1n) is 9.30. The summed E-state index contributed by atoms with van der Waals surface area (Å²) in [5.41, 5.74) is 2.36. The number of halogens is 1. The molecule has 3 N–H and O–H groups in total. The molecule has 0 spiro atoms. The van der Waals surface area contributed by atoms with Crippen LogP contribution in [-0.2, 0) is 27.8 Å². The van der Waals surface area contributed by atoms with E-state index in [9.17, 15) is 13.2 Å². The summed E-state index contributed by atoms with van der Waals surface area (Å²) < 4.78 is 27.0. The van der Waals surface area contributed by atoms with Crippen molar-refractivity contribution in [1.29, 1.82) is 0 Å². The van der Waals surface area contributed by atoms with Gasteiger partial charge in [-0.25, -0.2) is 18.1 Å². The molecule has 2 aromatic heterocycles. The number of sulfonamides is 1. The number of nitrogens with zero attached hydrogens (tertiary/aromatic N) is 1. The smallest absolute Gasteiger partial charge is 0.238 e. The predicted molar refractivity (Wildman–Crippen MR) is 114 cm³/mol. The van der Waals surface area contributed by atoms with Crippen LogP contribution < -0.4 is 10.0 Å². The monoisotopic (exact) mass is 434 g/mol. The molecule has 1 atom stereocenters. The van der Waals surface area contributed by atoms with Crippen molar-refractivity contribution in [2.45, 2.75) is 32.4 Å². The Labute approximate surface area is 174 Å². The van der Waals surface area contributed by atoms with Crippen LogP contribution in [0.3, 0.4) is 0 Å². The van der Waals surface area contributed by atoms with Gasteiger partial charge in [0, 0.05) is 29.3 Å². The molecule has 0 fully saturated rings. The lowest BCUT2D eigenvalue weighted by Gasteiger charge is -2.19. The Morgan fingerprint density at radius 2 is 2.07 bits per heavy atom. The van der Waals surface area contributed by atoms with Gasteiger partial charge >= 0.3 is 0 Å². The van der Waals surface area contributed by atoms with E-state index in [0.29, 0.717) is 11.4 Å². The number of nitrogens with one attached hydrogen (secondary N) is 3. The van der Waals surface area contributed by atoms with Gasteiger partial charge in [-0.2, -0.15) is 0 Å². The maximum absolute atomic E-state index is 12.8. The lowest BCUT2D eigenvalue weighted by molar-refractivity contribution is -0.122. The number of carbonyl (C=O) groups is 1. The van der Waals surface area contributed by atoms with E-state index in [4.69, 9.17) is 11.6 Å². The van der Waals surface area contributed by atoms with Crippen molar-refractivity contribution in [3.63, 3.8) is 0 Å². The summed E-state index contributed by atoms with van der Waals surface area (Å²) in [6, 6.07) is 9.91. The van der Waals surface area contributed by atoms with Crippen molar-refractivity contribution >= 4 is 38.6 Å². The normalized spacial score (nSPS) is 12.8. The zero-order valence-electron chi connectivity index (χ0n) is 16.0. The minimum absolute atomic E-state index is 0.0413. The summed E-state index contributed by atoms with van der Waals surface area (Å²) in [6.07, 6.45) is 4.13. The fraction of sp³-hybridized carbons (Fsp3) is 0.300. The SMILES string of the molecule is CCCS(=O)(=O)N[C@@H](Cc1cccc(Cl)c1)C(=O)NCc1cnc2[nH]ccc2c1. The van der Waals surface area contributed by atoms with Crippen LogP contribution in [-0.4, -0.2) is 36.1 Å². The van der Waals surface area contributed by atoms with Crippen LogP contribution >= 0.6 is 11.6 Å². The maximum Gasteiger partial charge on any atom is 0.238 e. The maximum atomic E-state index is 12.8. The van der Waals surface area contributed by atoms with Gasteiger partial charge in [-0.3, -0.25) is 4.79 Å². The van der Waals surface area contributed by atoms with Gasteiger partial charge in [0.15, 0.2) is 0 Å². The largest absolute Gasteiger partial charge is 0.351 e. The summed E-state index contributed by atoms with van der Waals surface area (Å²) in [5.74, 6) is -0.445. The highest BCUT2D eigenvalue weighted by Gasteiger charge is 2.24. The second kappa shape index (κ2) is 9.39. The average molecular weight is 435 g/mol. The van der Waals surface area contributed by atoms with Crippen LogP contribution in [0.5, 0.6) is 0 Å². The van der Waals surface area contributed by atoms with Crippen LogP contribution in [0, 0.1) is 0 Å². The molecule has 0 aliphatic heterocycles. The molecule has 7 nitrogen and oxygen atoms in total. The molecule has 0 saturated heterocycles. The third kappa shape index (κ3) is 6.03. The van der Waals surface area contributed by atoms with Crippen molar-refractivity contribution < 1.29 is 13.2 Å². The molecule has 2 heterocycles. The highest BCUT2D eigenvalue weighted by molar-refractivity contribution is 7.89. The van der Waals surface area contributed by atoms with Gasteiger partial charge in [0.2, 0.25) is 15.9 Å². The molecule has 0 saturated carbocycles. The molecule has 1 amide bonds. The Morgan fingerprint density at radius 1 is 1.24 bits per heavy atom. The third-order valence-electron chi connectivity index (χ3n) is 4.36. The zero-order valence-corrected chi connectivity index (χ0v) is 17.6. The van der Waals surface area contributed by atoms with Crippen molar-refractivity contribution in [2.24, 2.45) is 0 Å². The quantitative estimate of drug-likeness (QED) is 0.481. The van der Waals surface area contributed by atoms with E-state index in [2.05, 4.69) is 20.0 Å². The van der Waals surface area contributed by atoms with E-state index < -0.39 is 22.0 Å². The number of pyridine rings is 1. The van der Waals surface area contributed by atoms with E-state index in [-0.39, 0.29) is 18.7 Å². The number of aromatic amines is 1. The molecular formula is C20H23ClN4O3S. The molecule has 0 unspecified atom stereocenters. The first kappa shape index (κ1) is 21.3. The number of hydrogen-bond acceptors (Lipinski definition) is 4. The molecule has 1 aromatic carbocycles. The summed E-state index contributed by atoms with van der Waals surface area (Å²) in [5, 5.41) is 4.28. The van der Waals surface area contributed by atoms with Crippen LogP contribution in [0.2, 0.25) is 5.02 Å². The molecule has 0 aliphatic rings. The number of fused-ring (bicyclic) bond motifs is 1. The van der Waals surface area contributed by atoms with Gasteiger partial charge in [-0.15, -0.1) is 0 Å². The number of hydrogen-bond donors (Lipinski definition) is 3. The molecule has 154 valence electrons. The first-order valence-corrected chi connectivity index (χ1v) is 11.3. The molecule has 3 aromatic rings. The predicted octanol–water partition coefficient (Wildman–Crippen LogP) is 2.77. The van der Waals surface area contributed by atoms with Crippen LogP contribution in [0.15, 0.2) is 48.8 Å². The second-order valence-electron chi connectivity index (χ2n) is 6.80. The Bertz CT molecular complexity index is 1100. The lowest BCUT2D eigenvalue weighted by atomic mass is 10.1. The summed E-state index contributed by atoms with van der Waals surface area (Å²) in [6.45, 7) is 2.02. The van der Waals surface area contributed by atoms with E-state index in [1.807, 2.05) is 18.2 Å². The van der Waals surface area contributed by atoms with Crippen molar-refractivity contribution in [1.82, 2.24) is 20.0 Å². The fourth-order valence-electron chi connectivity index (χ4n) is 3.03. The molecular weight excluding hydrogens is 412 g/mol. The van der Waals surface area contributed by atoms with Gasteiger partial charge in [0.25, 0.3) is 0 Å². The van der Waals surface area contributed by atoms with E-state index in [1.54, 1.807) is 37.5 Å². The van der Waals surface area contributed by atoms with Crippen molar-refractivity contribution in [3.05, 3.63) is 64.9 Å². The minimum atomic E-state index is -3.57. The van der Waals surface area contributed by atoms with Crippen molar-refractivity contribution in [2.75, 3.05) is 5.75 Å². The molecule has 29 heavy (non-hydrogen) atoms. The first-order chi connectivity index (χ1) is 13.9. The molecule has 9 heteroatoms. The van der Waals surface area contributed by atoms with Gasteiger partial charge in [0.05, 0.1) is 5.75 Å². The summed E-state index contributed by atoms with van der Waals surface area (Å²) in [7, 11) is -3.57. The highest BCUT2D eigenvalue weighted by atomic mass is 35.5. The molecule has 0 aliphatic carbocycles. The number of benzene rings is 1. The number of carbonyl (C=O) groups excluding carboxylic acids is 1. The fourth-order valence-corrected chi connectivity index (χ4v) is 4.52. The Balaban J connectivity index is 1.73.